The van der Waals surface area contributed by atoms with Crippen LogP contribution in [0.15, 0.2) is 72.8 Å². The Morgan fingerprint density at radius 3 is 2.11 bits per heavy atom. The summed E-state index contributed by atoms with van der Waals surface area (Å²) in [6.07, 6.45) is 0. The number of fused-ring (bicyclic) bond motifs is 1. The number of pyridine rings is 1. The standard InChI is InChI=1S/C24H22N2O/c1-16-17(2)24(25-18(3)23(16)27)26(21-11-5-4-6-12-21)22-14-13-19-9-7-8-10-20(19)15-22/h4-15,27H,1-3H3. The summed E-state index contributed by atoms with van der Waals surface area (Å²) in [4.78, 5) is 6.90. The van der Waals surface area contributed by atoms with E-state index in [-0.39, 0.29) is 5.75 Å². The highest BCUT2D eigenvalue weighted by Gasteiger charge is 2.20. The Hall–Kier alpha value is -3.33. The van der Waals surface area contributed by atoms with Gasteiger partial charge < -0.3 is 5.11 Å². The van der Waals surface area contributed by atoms with Crippen LogP contribution in [0.25, 0.3) is 10.8 Å². The van der Waals surface area contributed by atoms with E-state index in [9.17, 15) is 5.11 Å². The summed E-state index contributed by atoms with van der Waals surface area (Å²) in [6.45, 7) is 5.79. The summed E-state index contributed by atoms with van der Waals surface area (Å²) in [5.74, 6) is 1.10. The molecule has 1 N–H and O–H groups in total. The minimum Gasteiger partial charge on any atom is -0.506 e. The molecule has 0 aliphatic carbocycles. The largest absolute Gasteiger partial charge is 0.506 e. The highest BCUT2D eigenvalue weighted by atomic mass is 16.3. The van der Waals surface area contributed by atoms with E-state index < -0.39 is 0 Å². The van der Waals surface area contributed by atoms with Crippen LogP contribution in [-0.4, -0.2) is 10.1 Å². The van der Waals surface area contributed by atoms with E-state index in [1.54, 1.807) is 0 Å². The highest BCUT2D eigenvalue weighted by Crippen LogP contribution is 2.39. The van der Waals surface area contributed by atoms with Gasteiger partial charge in [0.15, 0.2) is 0 Å². The first kappa shape index (κ1) is 17.1. The summed E-state index contributed by atoms with van der Waals surface area (Å²) >= 11 is 0. The summed E-state index contributed by atoms with van der Waals surface area (Å²) < 4.78 is 0. The quantitative estimate of drug-likeness (QED) is 0.466. The van der Waals surface area contributed by atoms with Crippen LogP contribution in [0.2, 0.25) is 0 Å². The molecule has 3 aromatic carbocycles. The smallest absolute Gasteiger partial charge is 0.141 e. The van der Waals surface area contributed by atoms with E-state index in [1.165, 1.54) is 10.8 Å². The molecular weight excluding hydrogens is 332 g/mol. The molecule has 4 rings (SSSR count). The van der Waals surface area contributed by atoms with Crippen LogP contribution in [-0.2, 0) is 0 Å². The van der Waals surface area contributed by atoms with Gasteiger partial charge >= 0.3 is 0 Å². The Kier molecular flexibility index (Phi) is 4.28. The Labute approximate surface area is 159 Å². The number of aromatic hydroxyl groups is 1. The number of rotatable bonds is 3. The van der Waals surface area contributed by atoms with Crippen molar-refractivity contribution < 1.29 is 5.11 Å². The van der Waals surface area contributed by atoms with Crippen LogP contribution >= 0.6 is 0 Å². The van der Waals surface area contributed by atoms with Crippen LogP contribution in [0.4, 0.5) is 17.2 Å². The fourth-order valence-electron chi connectivity index (χ4n) is 3.42. The zero-order valence-electron chi connectivity index (χ0n) is 15.8. The predicted molar refractivity (Wildman–Crippen MR) is 112 cm³/mol. The zero-order chi connectivity index (χ0) is 19.0. The first-order chi connectivity index (χ1) is 13.1. The van der Waals surface area contributed by atoms with E-state index >= 15 is 0 Å². The van der Waals surface area contributed by atoms with Gasteiger partial charge in [0.25, 0.3) is 0 Å². The second-order valence-electron chi connectivity index (χ2n) is 6.82. The van der Waals surface area contributed by atoms with Gasteiger partial charge in [-0.3, -0.25) is 4.90 Å². The fourth-order valence-corrected chi connectivity index (χ4v) is 3.42. The lowest BCUT2D eigenvalue weighted by molar-refractivity contribution is 0.463. The number of hydrogen-bond donors (Lipinski definition) is 1. The van der Waals surface area contributed by atoms with Gasteiger partial charge in [-0.25, -0.2) is 4.98 Å². The molecule has 0 aliphatic heterocycles. The van der Waals surface area contributed by atoms with Crippen LogP contribution < -0.4 is 4.90 Å². The molecule has 3 heteroatoms. The van der Waals surface area contributed by atoms with Crippen LogP contribution in [0, 0.1) is 20.8 Å². The summed E-state index contributed by atoms with van der Waals surface area (Å²) in [5, 5.41) is 12.7. The lowest BCUT2D eigenvalue weighted by atomic mass is 10.1. The fraction of sp³-hybridized carbons (Fsp3) is 0.125. The van der Waals surface area contributed by atoms with Crippen LogP contribution in [0.3, 0.4) is 0 Å². The van der Waals surface area contributed by atoms with E-state index in [1.807, 2.05) is 39.0 Å². The number of para-hydroxylation sites is 1. The highest BCUT2D eigenvalue weighted by molar-refractivity contribution is 5.89. The van der Waals surface area contributed by atoms with E-state index in [4.69, 9.17) is 4.98 Å². The molecule has 0 saturated carbocycles. The van der Waals surface area contributed by atoms with Gasteiger partial charge in [0.05, 0.1) is 5.69 Å². The van der Waals surface area contributed by atoms with Crippen molar-refractivity contribution in [1.82, 2.24) is 4.98 Å². The minimum atomic E-state index is 0.266. The summed E-state index contributed by atoms with van der Waals surface area (Å²) in [6, 6.07) is 25.0. The predicted octanol–water partition coefficient (Wildman–Crippen LogP) is 6.34. The lowest BCUT2D eigenvalue weighted by Crippen LogP contribution is -2.14. The van der Waals surface area contributed by atoms with Gasteiger partial charge in [-0.2, -0.15) is 0 Å². The maximum Gasteiger partial charge on any atom is 0.141 e. The molecule has 1 heterocycles. The van der Waals surface area contributed by atoms with Gasteiger partial charge in [0.1, 0.15) is 11.6 Å². The molecule has 0 unspecified atom stereocenters. The van der Waals surface area contributed by atoms with Crippen molar-refractivity contribution in [1.29, 1.82) is 0 Å². The molecular formula is C24H22N2O. The molecule has 27 heavy (non-hydrogen) atoms. The molecule has 3 nitrogen and oxygen atoms in total. The third kappa shape index (κ3) is 3.02. The van der Waals surface area contributed by atoms with Crippen molar-refractivity contribution in [2.45, 2.75) is 20.8 Å². The molecule has 0 spiro atoms. The summed E-state index contributed by atoms with van der Waals surface area (Å²) in [7, 11) is 0. The second-order valence-corrected chi connectivity index (χ2v) is 6.82. The van der Waals surface area contributed by atoms with E-state index in [0.717, 1.165) is 28.3 Å². The Bertz CT molecular complexity index is 1120. The molecule has 0 radical (unpaired) electrons. The Morgan fingerprint density at radius 2 is 1.37 bits per heavy atom. The Morgan fingerprint density at radius 1 is 0.704 bits per heavy atom. The first-order valence-electron chi connectivity index (χ1n) is 9.07. The molecule has 0 fully saturated rings. The van der Waals surface area contributed by atoms with Crippen molar-refractivity contribution in [3.63, 3.8) is 0 Å². The van der Waals surface area contributed by atoms with Crippen molar-refractivity contribution >= 4 is 28.0 Å². The zero-order valence-corrected chi connectivity index (χ0v) is 15.8. The molecule has 134 valence electrons. The molecule has 0 saturated heterocycles. The van der Waals surface area contributed by atoms with E-state index in [0.29, 0.717) is 5.69 Å². The molecule has 0 aliphatic rings. The Balaban J connectivity index is 1.98. The number of benzene rings is 3. The SMILES string of the molecule is Cc1nc(N(c2ccccc2)c2ccc3ccccc3c2)c(C)c(C)c1O. The average Bonchev–Trinajstić information content (AvgIpc) is 2.71. The third-order valence-electron chi connectivity index (χ3n) is 5.09. The topological polar surface area (TPSA) is 36.4 Å². The number of nitrogens with zero attached hydrogens (tertiary/aromatic N) is 2. The van der Waals surface area contributed by atoms with E-state index in [2.05, 4.69) is 59.5 Å². The third-order valence-corrected chi connectivity index (χ3v) is 5.09. The molecule has 0 atom stereocenters. The van der Waals surface area contributed by atoms with Crippen LogP contribution in [0.5, 0.6) is 5.75 Å². The van der Waals surface area contributed by atoms with Crippen molar-refractivity contribution in [3.8, 4) is 5.75 Å². The van der Waals surface area contributed by atoms with Gasteiger partial charge in [-0.15, -0.1) is 0 Å². The number of hydrogen-bond acceptors (Lipinski definition) is 3. The van der Waals surface area contributed by atoms with Crippen molar-refractivity contribution in [2.24, 2.45) is 0 Å². The maximum absolute atomic E-state index is 10.3. The van der Waals surface area contributed by atoms with Gasteiger partial charge in [-0.1, -0.05) is 48.5 Å². The monoisotopic (exact) mass is 354 g/mol. The number of aromatic nitrogens is 1. The number of aryl methyl sites for hydroxylation is 1. The normalized spacial score (nSPS) is 10.9. The average molecular weight is 354 g/mol. The van der Waals surface area contributed by atoms with Gasteiger partial charge in [-0.05, 0) is 66.9 Å². The second kappa shape index (κ2) is 6.76. The molecule has 1 aromatic heterocycles. The lowest BCUT2D eigenvalue weighted by Gasteiger charge is -2.27. The molecule has 4 aromatic rings. The minimum absolute atomic E-state index is 0.266. The maximum atomic E-state index is 10.3. The molecule has 0 amide bonds. The summed E-state index contributed by atoms with van der Waals surface area (Å²) in [5.41, 5.74) is 4.54. The first-order valence-corrected chi connectivity index (χ1v) is 9.07. The van der Waals surface area contributed by atoms with Gasteiger partial charge in [0.2, 0.25) is 0 Å². The molecule has 0 bridgehead atoms. The van der Waals surface area contributed by atoms with Crippen LogP contribution in [0.1, 0.15) is 16.8 Å². The van der Waals surface area contributed by atoms with Gasteiger partial charge in [0, 0.05) is 11.4 Å². The number of anilines is 3. The van der Waals surface area contributed by atoms with Crippen molar-refractivity contribution in [2.75, 3.05) is 4.90 Å². The van der Waals surface area contributed by atoms with Crippen molar-refractivity contribution in [3.05, 3.63) is 89.6 Å².